The number of nitrogens with two attached hydrogens (primary N) is 1. The van der Waals surface area contributed by atoms with Crippen molar-refractivity contribution in [1.29, 1.82) is 0 Å². The summed E-state index contributed by atoms with van der Waals surface area (Å²) >= 11 is 0. The quantitative estimate of drug-likeness (QED) is 0.651. The number of hydrogen-bond donors (Lipinski definition) is 1. The lowest BCUT2D eigenvalue weighted by Crippen LogP contribution is -2.49. The molecule has 1 amide bonds. The van der Waals surface area contributed by atoms with Crippen LogP contribution in [0.4, 0.5) is 17.6 Å². The zero-order valence-corrected chi connectivity index (χ0v) is 18.0. The van der Waals surface area contributed by atoms with Crippen molar-refractivity contribution in [3.8, 4) is 0 Å². The lowest BCUT2D eigenvalue weighted by atomic mass is 9.91. The highest BCUT2D eigenvalue weighted by molar-refractivity contribution is 5.99. The lowest BCUT2D eigenvalue weighted by molar-refractivity contribution is -0.161. The summed E-state index contributed by atoms with van der Waals surface area (Å²) in [4.78, 5) is 13.4. The molecule has 2 aromatic carbocycles. The molecular weight excluding hydrogens is 426 g/mol. The molecule has 1 atom stereocenters. The first-order valence-electron chi connectivity index (χ1n) is 10.1. The van der Waals surface area contributed by atoms with Crippen molar-refractivity contribution in [3.63, 3.8) is 0 Å². The topological polar surface area (TPSA) is 67.9 Å². The maximum Gasteiger partial charge on any atom is 0.417 e. The van der Waals surface area contributed by atoms with E-state index in [1.807, 2.05) is 0 Å². The number of ether oxygens (including phenoxy) is 1. The van der Waals surface area contributed by atoms with Gasteiger partial charge >= 0.3 is 6.18 Å². The number of nitrogens with zero attached hydrogens (tertiary/aromatic N) is 2. The van der Waals surface area contributed by atoms with E-state index in [4.69, 9.17) is 10.5 Å². The summed E-state index contributed by atoms with van der Waals surface area (Å²) in [6.45, 7) is 5.28. The van der Waals surface area contributed by atoms with Gasteiger partial charge in [0, 0.05) is 17.4 Å². The van der Waals surface area contributed by atoms with Crippen LogP contribution in [0.25, 0.3) is 0 Å². The zero-order chi connectivity index (χ0) is 23.7. The van der Waals surface area contributed by atoms with E-state index >= 15 is 0 Å². The Bertz CT molecular complexity index is 1020. The summed E-state index contributed by atoms with van der Waals surface area (Å²) in [7, 11) is 0. The molecule has 0 saturated carbocycles. The van der Waals surface area contributed by atoms with Gasteiger partial charge < -0.3 is 10.5 Å². The van der Waals surface area contributed by atoms with Crippen LogP contribution in [-0.4, -0.2) is 23.4 Å². The summed E-state index contributed by atoms with van der Waals surface area (Å²) in [5.74, 6) is -1.82. The third-order valence-electron chi connectivity index (χ3n) is 5.09. The fourth-order valence-electron chi connectivity index (χ4n) is 3.49. The molecular formula is C23H25F4N3O2. The highest BCUT2D eigenvalue weighted by Crippen LogP contribution is 2.44. The summed E-state index contributed by atoms with van der Waals surface area (Å²) in [5, 5.41) is 5.28. The van der Waals surface area contributed by atoms with Gasteiger partial charge in [0.15, 0.2) is 0 Å². The molecule has 2 N–H and O–H groups in total. The van der Waals surface area contributed by atoms with E-state index in [1.54, 1.807) is 51.1 Å². The Morgan fingerprint density at radius 3 is 2.34 bits per heavy atom. The van der Waals surface area contributed by atoms with Crippen molar-refractivity contribution in [2.75, 3.05) is 6.54 Å². The number of alkyl halides is 3. The monoisotopic (exact) mass is 451 g/mol. The van der Waals surface area contributed by atoms with E-state index in [1.165, 1.54) is 0 Å². The first-order valence-corrected chi connectivity index (χ1v) is 10.1. The number of benzene rings is 2. The molecule has 0 aromatic heterocycles. The predicted octanol–water partition coefficient (Wildman–Crippen LogP) is 5.00. The van der Waals surface area contributed by atoms with Crippen LogP contribution in [0, 0.1) is 11.2 Å². The van der Waals surface area contributed by atoms with Crippen LogP contribution >= 0.6 is 0 Å². The number of rotatable bonds is 5. The predicted molar refractivity (Wildman–Crippen MR) is 112 cm³/mol. The van der Waals surface area contributed by atoms with Crippen molar-refractivity contribution >= 4 is 11.8 Å². The Kier molecular flexibility index (Phi) is 6.33. The molecule has 9 heteroatoms. The van der Waals surface area contributed by atoms with Gasteiger partial charge in [0.25, 0.3) is 5.91 Å². The minimum Gasteiger partial charge on any atom is -0.443 e. The van der Waals surface area contributed by atoms with Gasteiger partial charge in [-0.2, -0.15) is 18.2 Å². The Morgan fingerprint density at radius 2 is 1.78 bits per heavy atom. The largest absolute Gasteiger partial charge is 0.443 e. The Hall–Kier alpha value is -2.94. The highest BCUT2D eigenvalue weighted by atomic mass is 19.4. The highest BCUT2D eigenvalue weighted by Gasteiger charge is 2.52. The number of amides is 1. The number of hydrogen-bond acceptors (Lipinski definition) is 4. The molecule has 5 nitrogen and oxygen atoms in total. The molecule has 0 fully saturated rings. The molecule has 0 bridgehead atoms. The second-order valence-corrected chi connectivity index (χ2v) is 8.60. The number of halogens is 4. The lowest BCUT2D eigenvalue weighted by Gasteiger charge is -2.38. The Labute approximate surface area is 183 Å². The Morgan fingerprint density at radius 1 is 1.12 bits per heavy atom. The normalized spacial score (nSPS) is 19.0. The maximum atomic E-state index is 14.0. The van der Waals surface area contributed by atoms with E-state index in [9.17, 15) is 22.4 Å². The average Bonchev–Trinajstić information content (AvgIpc) is 3.11. The zero-order valence-electron chi connectivity index (χ0n) is 18.0. The third-order valence-corrected chi connectivity index (χ3v) is 5.09. The molecule has 0 saturated heterocycles. The molecule has 1 heterocycles. The second-order valence-electron chi connectivity index (χ2n) is 8.60. The van der Waals surface area contributed by atoms with Crippen LogP contribution < -0.4 is 5.73 Å². The summed E-state index contributed by atoms with van der Waals surface area (Å²) < 4.78 is 61.1. The third kappa shape index (κ3) is 4.48. The van der Waals surface area contributed by atoms with Crippen LogP contribution in [0.1, 0.15) is 50.3 Å². The Balaban J connectivity index is 2.24. The van der Waals surface area contributed by atoms with E-state index in [2.05, 4.69) is 5.10 Å². The van der Waals surface area contributed by atoms with E-state index in [0.717, 1.165) is 11.1 Å². The van der Waals surface area contributed by atoms with Crippen LogP contribution in [-0.2, 0) is 21.4 Å². The van der Waals surface area contributed by atoms with Gasteiger partial charge in [-0.25, -0.2) is 4.39 Å². The van der Waals surface area contributed by atoms with Gasteiger partial charge in [0.05, 0.1) is 11.1 Å². The minimum absolute atomic E-state index is 0.180. The molecule has 2 aromatic rings. The average molecular weight is 451 g/mol. The van der Waals surface area contributed by atoms with Gasteiger partial charge in [-0.15, -0.1) is 5.10 Å². The van der Waals surface area contributed by atoms with Crippen molar-refractivity contribution in [2.45, 2.75) is 45.5 Å². The van der Waals surface area contributed by atoms with E-state index in [0.29, 0.717) is 24.1 Å². The summed E-state index contributed by atoms with van der Waals surface area (Å²) in [6, 6.07) is 10.7. The van der Waals surface area contributed by atoms with Gasteiger partial charge in [-0.3, -0.25) is 4.79 Å². The van der Waals surface area contributed by atoms with Crippen molar-refractivity contribution in [3.05, 3.63) is 71.0 Å². The molecule has 0 aliphatic carbocycles. The molecule has 0 radical (unpaired) electrons. The number of hydrazone groups is 1. The molecule has 3 rings (SSSR count). The van der Waals surface area contributed by atoms with Crippen molar-refractivity contribution < 1.29 is 27.1 Å². The first kappa shape index (κ1) is 23.7. The summed E-state index contributed by atoms with van der Waals surface area (Å²) in [5.41, 5.74) is 2.11. The van der Waals surface area contributed by atoms with E-state index < -0.39 is 46.1 Å². The molecule has 1 aliphatic heterocycles. The summed E-state index contributed by atoms with van der Waals surface area (Å²) in [6.07, 6.45) is -4.19. The molecule has 0 spiro atoms. The van der Waals surface area contributed by atoms with Crippen LogP contribution in [0.5, 0.6) is 0 Å². The fourth-order valence-corrected chi connectivity index (χ4v) is 3.49. The first-order chi connectivity index (χ1) is 14.9. The SMILES string of the molecule is CC(C)(C)C(=O)N1N=C(c2cc(F)ccc2C(F)(F)F)OC1(CCCN)c1ccccc1. The van der Waals surface area contributed by atoms with Crippen LogP contribution in [0.2, 0.25) is 0 Å². The molecule has 1 unspecified atom stereocenters. The fraction of sp³-hybridized carbons (Fsp3) is 0.391. The van der Waals surface area contributed by atoms with Crippen molar-refractivity contribution in [2.24, 2.45) is 16.3 Å². The van der Waals surface area contributed by atoms with Gasteiger partial charge in [0.1, 0.15) is 5.82 Å². The van der Waals surface area contributed by atoms with Crippen molar-refractivity contribution in [1.82, 2.24) is 5.01 Å². The standard InChI is InChI=1S/C23H25F4N3O2/c1-21(2,3)20(31)30-22(12-7-13-28,15-8-5-4-6-9-15)32-19(29-30)17-14-16(24)10-11-18(17)23(25,26)27/h4-6,8-11,14H,7,12-13,28H2,1-3H3. The number of carbonyl (C=O) groups excluding carboxylic acids is 1. The number of carbonyl (C=O) groups is 1. The molecule has 32 heavy (non-hydrogen) atoms. The van der Waals surface area contributed by atoms with Crippen LogP contribution in [0.3, 0.4) is 0 Å². The van der Waals surface area contributed by atoms with E-state index in [-0.39, 0.29) is 13.0 Å². The maximum absolute atomic E-state index is 14.0. The van der Waals surface area contributed by atoms with Gasteiger partial charge in [0.2, 0.25) is 11.6 Å². The van der Waals surface area contributed by atoms with Crippen LogP contribution in [0.15, 0.2) is 53.6 Å². The van der Waals surface area contributed by atoms with Gasteiger partial charge in [-0.05, 0) is 31.2 Å². The van der Waals surface area contributed by atoms with Gasteiger partial charge in [-0.1, -0.05) is 51.1 Å². The molecule has 172 valence electrons. The molecule has 1 aliphatic rings. The minimum atomic E-state index is -4.77. The second kappa shape index (κ2) is 8.54. The smallest absolute Gasteiger partial charge is 0.417 e.